The predicted octanol–water partition coefficient (Wildman–Crippen LogP) is 14.9. The SMILES string of the molecule is CC/C=C\C/C=C\C/C=C\C/C=C\CCCCCCC(=O)OCC(COC1OC(C(=O)O)C(O)C(O)C1OC(=O)CCCCCCC/C=C\CCCCCCCC)OC(=O)CCCCC/C=C\C/C=C\C/C=C\CC. The third-order valence-corrected chi connectivity index (χ3v) is 12.6. The van der Waals surface area contributed by atoms with Gasteiger partial charge in [-0.1, -0.05) is 189 Å². The van der Waals surface area contributed by atoms with Gasteiger partial charge in [0.05, 0.1) is 6.61 Å². The van der Waals surface area contributed by atoms with E-state index in [-0.39, 0.29) is 25.9 Å². The second-order valence-electron chi connectivity index (χ2n) is 19.5. The molecule has 0 aromatic carbocycles. The molecule has 75 heavy (non-hydrogen) atoms. The lowest BCUT2D eigenvalue weighted by Gasteiger charge is -2.40. The van der Waals surface area contributed by atoms with Crippen molar-refractivity contribution in [3.05, 3.63) is 97.2 Å². The molecule has 12 nitrogen and oxygen atoms in total. The van der Waals surface area contributed by atoms with Gasteiger partial charge in [0.25, 0.3) is 0 Å². The average Bonchev–Trinajstić information content (AvgIpc) is 3.39. The number of rotatable bonds is 48. The van der Waals surface area contributed by atoms with Crippen LogP contribution in [0.1, 0.15) is 226 Å². The summed E-state index contributed by atoms with van der Waals surface area (Å²) >= 11 is 0. The van der Waals surface area contributed by atoms with Gasteiger partial charge in [0.15, 0.2) is 24.6 Å². The number of hydrogen-bond donors (Lipinski definition) is 3. The summed E-state index contributed by atoms with van der Waals surface area (Å²) in [5, 5.41) is 31.5. The van der Waals surface area contributed by atoms with Gasteiger partial charge in [-0.05, 0) is 116 Å². The Morgan fingerprint density at radius 3 is 1.31 bits per heavy atom. The summed E-state index contributed by atoms with van der Waals surface area (Å²) in [6, 6.07) is 0. The molecule has 1 rings (SSSR count). The molecule has 0 bridgehead atoms. The van der Waals surface area contributed by atoms with Crippen molar-refractivity contribution in [3.63, 3.8) is 0 Å². The van der Waals surface area contributed by atoms with Crippen LogP contribution in [0, 0.1) is 0 Å². The van der Waals surface area contributed by atoms with Crippen LogP contribution in [-0.4, -0.2) is 89.2 Å². The van der Waals surface area contributed by atoms with Crippen LogP contribution in [0.5, 0.6) is 0 Å². The van der Waals surface area contributed by atoms with Gasteiger partial charge in [-0.2, -0.15) is 0 Å². The van der Waals surface area contributed by atoms with E-state index in [2.05, 4.69) is 118 Å². The number of allylic oxidation sites excluding steroid dienone is 16. The zero-order valence-corrected chi connectivity index (χ0v) is 46.8. The second kappa shape index (κ2) is 50.5. The molecule has 0 aliphatic carbocycles. The molecule has 1 aliphatic rings. The third kappa shape index (κ3) is 40.6. The summed E-state index contributed by atoms with van der Waals surface area (Å²) in [7, 11) is 0. The summed E-state index contributed by atoms with van der Waals surface area (Å²) in [5.41, 5.74) is 0. The predicted molar refractivity (Wildman–Crippen MR) is 303 cm³/mol. The normalized spacial score (nSPS) is 18.9. The van der Waals surface area contributed by atoms with Crippen LogP contribution in [0.25, 0.3) is 0 Å². The number of esters is 3. The molecule has 0 spiro atoms. The third-order valence-electron chi connectivity index (χ3n) is 12.6. The molecule has 6 atom stereocenters. The van der Waals surface area contributed by atoms with Gasteiger partial charge in [0.1, 0.15) is 18.8 Å². The summed E-state index contributed by atoms with van der Waals surface area (Å²) in [6.45, 7) is 5.70. The van der Waals surface area contributed by atoms with Gasteiger partial charge in [-0.3, -0.25) is 14.4 Å². The molecule has 0 aromatic rings. The summed E-state index contributed by atoms with van der Waals surface area (Å²) < 4.78 is 28.3. The monoisotopic (exact) mass is 1050 g/mol. The molecule has 0 amide bonds. The van der Waals surface area contributed by atoms with Crippen molar-refractivity contribution in [1.29, 1.82) is 0 Å². The molecule has 6 unspecified atom stereocenters. The van der Waals surface area contributed by atoms with Crippen LogP contribution in [0.3, 0.4) is 0 Å². The fourth-order valence-corrected chi connectivity index (χ4v) is 8.19. The lowest BCUT2D eigenvalue weighted by atomic mass is 9.98. The highest BCUT2D eigenvalue weighted by molar-refractivity contribution is 5.74. The van der Waals surface area contributed by atoms with Gasteiger partial charge >= 0.3 is 23.9 Å². The first kappa shape index (κ1) is 68.7. The first-order valence-electron chi connectivity index (χ1n) is 29.2. The molecular weight excluding hydrogens is 949 g/mol. The van der Waals surface area contributed by atoms with E-state index in [0.29, 0.717) is 19.3 Å². The number of carbonyl (C=O) groups excluding carboxylic acids is 3. The van der Waals surface area contributed by atoms with Gasteiger partial charge in [-0.25, -0.2) is 4.79 Å². The molecule has 0 saturated carbocycles. The largest absolute Gasteiger partial charge is 0.479 e. The Balaban J connectivity index is 2.73. The van der Waals surface area contributed by atoms with E-state index in [1.165, 1.54) is 38.5 Å². The van der Waals surface area contributed by atoms with Crippen LogP contribution in [-0.2, 0) is 42.9 Å². The maximum absolute atomic E-state index is 13.1. The van der Waals surface area contributed by atoms with E-state index >= 15 is 0 Å². The second-order valence-corrected chi connectivity index (χ2v) is 19.5. The number of carbonyl (C=O) groups is 4. The molecule has 1 aliphatic heterocycles. The number of aliphatic carboxylic acids is 1. The molecule has 426 valence electrons. The number of hydrogen-bond acceptors (Lipinski definition) is 11. The first-order valence-corrected chi connectivity index (χ1v) is 29.2. The van der Waals surface area contributed by atoms with E-state index in [9.17, 15) is 34.5 Å². The minimum Gasteiger partial charge on any atom is -0.479 e. The smallest absolute Gasteiger partial charge is 0.335 e. The van der Waals surface area contributed by atoms with Gasteiger partial charge in [0, 0.05) is 19.3 Å². The molecule has 12 heteroatoms. The average molecular weight is 1050 g/mol. The van der Waals surface area contributed by atoms with Gasteiger partial charge < -0.3 is 39.0 Å². The Morgan fingerprint density at radius 2 is 0.840 bits per heavy atom. The van der Waals surface area contributed by atoms with Crippen molar-refractivity contribution in [1.82, 2.24) is 0 Å². The lowest BCUT2D eigenvalue weighted by molar-refractivity contribution is -0.301. The minimum atomic E-state index is -1.92. The molecule has 1 saturated heterocycles. The topological polar surface area (TPSA) is 175 Å². The quantitative estimate of drug-likeness (QED) is 0.0228. The summed E-state index contributed by atoms with van der Waals surface area (Å²) in [4.78, 5) is 51.1. The van der Waals surface area contributed by atoms with E-state index < -0.39 is 67.3 Å². The first-order chi connectivity index (χ1) is 36.6. The zero-order chi connectivity index (χ0) is 54.7. The van der Waals surface area contributed by atoms with Crippen molar-refractivity contribution in [2.75, 3.05) is 13.2 Å². The van der Waals surface area contributed by atoms with Gasteiger partial charge in [-0.15, -0.1) is 0 Å². The molecule has 0 radical (unpaired) electrons. The van der Waals surface area contributed by atoms with E-state index in [1.54, 1.807) is 0 Å². The molecule has 0 aromatic heterocycles. The Hall–Kier alpha value is -4.36. The molecule has 1 fully saturated rings. The van der Waals surface area contributed by atoms with Crippen LogP contribution >= 0.6 is 0 Å². The van der Waals surface area contributed by atoms with Crippen LogP contribution in [0.2, 0.25) is 0 Å². The van der Waals surface area contributed by atoms with E-state index in [0.717, 1.165) is 128 Å². The summed E-state index contributed by atoms with van der Waals surface area (Å²) in [5.74, 6) is -3.21. The lowest BCUT2D eigenvalue weighted by Crippen LogP contribution is -2.61. The van der Waals surface area contributed by atoms with E-state index in [4.69, 9.17) is 23.7 Å². The molecular formula is C63H102O12. The Bertz CT molecular complexity index is 1670. The minimum absolute atomic E-state index is 0.0405. The van der Waals surface area contributed by atoms with Crippen molar-refractivity contribution >= 4 is 23.9 Å². The number of ether oxygens (including phenoxy) is 5. The van der Waals surface area contributed by atoms with Crippen LogP contribution < -0.4 is 0 Å². The van der Waals surface area contributed by atoms with Crippen molar-refractivity contribution in [2.45, 2.75) is 263 Å². The fourth-order valence-electron chi connectivity index (χ4n) is 8.19. The van der Waals surface area contributed by atoms with Gasteiger partial charge in [0.2, 0.25) is 0 Å². The van der Waals surface area contributed by atoms with Crippen molar-refractivity contribution in [3.8, 4) is 0 Å². The number of aliphatic hydroxyl groups excluding tert-OH is 2. The maximum atomic E-state index is 13.1. The van der Waals surface area contributed by atoms with Crippen LogP contribution in [0.15, 0.2) is 97.2 Å². The molecule has 3 N–H and O–H groups in total. The number of carboxylic acid groups (broad SMARTS) is 1. The number of aliphatic hydroxyl groups is 2. The summed E-state index contributed by atoms with van der Waals surface area (Å²) in [6.07, 6.45) is 53.8. The Morgan fingerprint density at radius 1 is 0.453 bits per heavy atom. The molecule has 1 heterocycles. The van der Waals surface area contributed by atoms with Crippen LogP contribution in [0.4, 0.5) is 0 Å². The highest BCUT2D eigenvalue weighted by Gasteiger charge is 2.50. The highest BCUT2D eigenvalue weighted by Crippen LogP contribution is 2.26. The van der Waals surface area contributed by atoms with Crippen molar-refractivity contribution in [2.24, 2.45) is 0 Å². The fraction of sp³-hybridized carbons (Fsp3) is 0.683. The highest BCUT2D eigenvalue weighted by atomic mass is 16.7. The Labute approximate surface area is 453 Å². The number of carboxylic acids is 1. The standard InChI is InChI=1S/C63H102O12/c1-4-7-10-13-16-19-22-25-27-28-30-32-34-37-40-43-46-49-55(64)71-52-54(73-56(65)50-47-44-41-38-35-31-24-21-18-15-12-9-6-3)53-72-63-61(59(68)58(67)60(75-63)62(69)70)74-57(66)51-48-45-42-39-36-33-29-26-23-20-17-14-11-8-5-2/h7,9-10,12,16,18-19,21,25-27,29-32,35,54,58-61,63,67-68H,4-6,8,11,13-15,17,20,22-24,28,33-34,36-53H2,1-3H3,(H,69,70)/b10-7-,12-9-,19-16-,21-18-,27-25-,29-26-,32-30-,35-31-. The Kier molecular flexibility index (Phi) is 46.2. The zero-order valence-electron chi connectivity index (χ0n) is 46.8. The van der Waals surface area contributed by atoms with E-state index in [1.807, 2.05) is 0 Å². The number of unbranched alkanes of at least 4 members (excludes halogenated alkanes) is 18. The maximum Gasteiger partial charge on any atom is 0.335 e. The van der Waals surface area contributed by atoms with Crippen molar-refractivity contribution < 1.29 is 58.2 Å².